The first-order valence-electron chi connectivity index (χ1n) is 7.82. The fourth-order valence-corrected chi connectivity index (χ4v) is 4.02. The minimum Gasteiger partial charge on any atom is -0.504 e. The Labute approximate surface area is 147 Å². The lowest BCUT2D eigenvalue weighted by Gasteiger charge is -2.21. The molecule has 1 aliphatic heterocycles. The Balaban J connectivity index is 2.09. The smallest absolute Gasteiger partial charge is 0.416 e. The van der Waals surface area contributed by atoms with Crippen LogP contribution in [0.15, 0.2) is 35.2 Å². The molecule has 0 fully saturated rings. The molecular formula is C18H18F3NO2S. The maximum atomic E-state index is 12.8. The van der Waals surface area contributed by atoms with Crippen molar-refractivity contribution in [3.8, 4) is 11.5 Å². The number of hydrogen-bond acceptors (Lipinski definition) is 4. The van der Waals surface area contributed by atoms with Crippen LogP contribution >= 0.6 is 11.8 Å². The van der Waals surface area contributed by atoms with Crippen LogP contribution in [0.4, 0.5) is 13.2 Å². The van der Waals surface area contributed by atoms with Crippen LogP contribution in [0.3, 0.4) is 0 Å². The average Bonchev–Trinajstić information content (AvgIpc) is 2.78. The summed E-state index contributed by atoms with van der Waals surface area (Å²) in [7, 11) is 0. The van der Waals surface area contributed by atoms with Gasteiger partial charge in [0.2, 0.25) is 0 Å². The van der Waals surface area contributed by atoms with Gasteiger partial charge in [0.15, 0.2) is 11.5 Å². The molecule has 3 rings (SSSR count). The van der Waals surface area contributed by atoms with E-state index < -0.39 is 11.7 Å². The molecule has 2 aromatic rings. The van der Waals surface area contributed by atoms with Gasteiger partial charge in [0, 0.05) is 12.5 Å². The monoisotopic (exact) mass is 369 g/mol. The first-order chi connectivity index (χ1) is 11.8. The fraction of sp³-hybridized carbons (Fsp3) is 0.333. The summed E-state index contributed by atoms with van der Waals surface area (Å²) < 4.78 is 38.4. The zero-order valence-electron chi connectivity index (χ0n) is 13.5. The zero-order chi connectivity index (χ0) is 18.2. The highest BCUT2D eigenvalue weighted by molar-refractivity contribution is 7.98. The fourth-order valence-electron chi connectivity index (χ4n) is 3.25. The van der Waals surface area contributed by atoms with Gasteiger partial charge in [-0.15, -0.1) is 11.8 Å². The molecule has 25 heavy (non-hydrogen) atoms. The van der Waals surface area contributed by atoms with E-state index in [1.165, 1.54) is 30.0 Å². The number of aromatic hydroxyl groups is 2. The van der Waals surface area contributed by atoms with Gasteiger partial charge in [-0.1, -0.05) is 12.1 Å². The van der Waals surface area contributed by atoms with Crippen molar-refractivity contribution in [2.75, 3.05) is 19.3 Å². The van der Waals surface area contributed by atoms with Crippen LogP contribution in [-0.4, -0.2) is 29.6 Å². The van der Waals surface area contributed by atoms with Crippen LogP contribution in [0.1, 0.15) is 28.2 Å². The van der Waals surface area contributed by atoms with E-state index in [0.29, 0.717) is 24.4 Å². The summed E-state index contributed by atoms with van der Waals surface area (Å²) in [5.74, 6) is -0.543. The minimum atomic E-state index is -4.37. The first kappa shape index (κ1) is 17.9. The maximum absolute atomic E-state index is 12.8. The van der Waals surface area contributed by atoms with E-state index >= 15 is 0 Å². The molecule has 134 valence electrons. The minimum absolute atomic E-state index is 0.140. The molecule has 0 amide bonds. The molecular weight excluding hydrogens is 351 g/mol. The number of halogens is 3. The number of phenolic OH excluding ortho intramolecular Hbond substituents is 2. The Hall–Kier alpha value is -1.86. The molecule has 7 heteroatoms. The number of nitrogens with one attached hydrogen (secondary N) is 1. The Morgan fingerprint density at radius 2 is 1.84 bits per heavy atom. The molecule has 0 aliphatic carbocycles. The van der Waals surface area contributed by atoms with Crippen molar-refractivity contribution in [1.82, 2.24) is 5.32 Å². The number of phenols is 2. The predicted octanol–water partition coefficient (Wildman–Crippen LogP) is 4.12. The van der Waals surface area contributed by atoms with E-state index in [1.54, 1.807) is 0 Å². The first-order valence-corrected chi connectivity index (χ1v) is 9.05. The van der Waals surface area contributed by atoms with Crippen LogP contribution in [0.2, 0.25) is 0 Å². The second-order valence-electron chi connectivity index (χ2n) is 5.97. The van der Waals surface area contributed by atoms with Gasteiger partial charge in [0.1, 0.15) is 0 Å². The van der Waals surface area contributed by atoms with Crippen molar-refractivity contribution < 1.29 is 23.4 Å². The number of benzene rings is 2. The lowest BCUT2D eigenvalue weighted by atomic mass is 9.87. The molecule has 0 spiro atoms. The van der Waals surface area contributed by atoms with E-state index in [2.05, 4.69) is 5.32 Å². The topological polar surface area (TPSA) is 52.5 Å². The summed E-state index contributed by atoms with van der Waals surface area (Å²) in [4.78, 5) is 0.621. The van der Waals surface area contributed by atoms with Crippen LogP contribution in [0.25, 0.3) is 0 Å². The van der Waals surface area contributed by atoms with Gasteiger partial charge in [0.05, 0.1) is 10.5 Å². The number of fused-ring (bicyclic) bond motifs is 1. The molecule has 1 heterocycles. The second kappa shape index (κ2) is 6.80. The highest BCUT2D eigenvalue weighted by Gasteiger charge is 2.31. The maximum Gasteiger partial charge on any atom is 0.416 e. The summed E-state index contributed by atoms with van der Waals surface area (Å²) in [6.07, 6.45) is -1.87. The third-order valence-electron chi connectivity index (χ3n) is 4.49. The van der Waals surface area contributed by atoms with Crippen molar-refractivity contribution in [2.24, 2.45) is 0 Å². The molecule has 2 aromatic carbocycles. The molecule has 0 bridgehead atoms. The summed E-state index contributed by atoms with van der Waals surface area (Å²) >= 11 is 1.35. The third kappa shape index (κ3) is 3.43. The third-order valence-corrected chi connectivity index (χ3v) is 5.34. The van der Waals surface area contributed by atoms with Gasteiger partial charge in [0.25, 0.3) is 0 Å². The average molecular weight is 369 g/mol. The van der Waals surface area contributed by atoms with E-state index in [1.807, 2.05) is 6.26 Å². The van der Waals surface area contributed by atoms with E-state index in [0.717, 1.165) is 28.8 Å². The van der Waals surface area contributed by atoms with Crippen molar-refractivity contribution in [3.05, 3.63) is 52.6 Å². The highest BCUT2D eigenvalue weighted by atomic mass is 32.2. The number of hydrogen-bond donors (Lipinski definition) is 3. The Kier molecular flexibility index (Phi) is 4.88. The normalized spacial score (nSPS) is 17.8. The summed E-state index contributed by atoms with van der Waals surface area (Å²) in [5.41, 5.74) is 1.82. The zero-order valence-corrected chi connectivity index (χ0v) is 14.3. The van der Waals surface area contributed by atoms with Gasteiger partial charge in [-0.25, -0.2) is 0 Å². The lowest BCUT2D eigenvalue weighted by molar-refractivity contribution is -0.137. The molecule has 1 atom stereocenters. The standard InChI is InChI=1S/C18H18F3NO2S/c1-25-17-12-6-7-22-9-14(13(12)8-15(23)16(17)24)10-2-4-11(5-3-10)18(19,20)21/h2-5,8,14,22-24H,6-7,9H2,1H3. The quantitative estimate of drug-likeness (QED) is 0.551. The van der Waals surface area contributed by atoms with Crippen molar-refractivity contribution >= 4 is 11.8 Å². The van der Waals surface area contributed by atoms with Crippen molar-refractivity contribution in [1.29, 1.82) is 0 Å². The van der Waals surface area contributed by atoms with E-state index in [9.17, 15) is 23.4 Å². The van der Waals surface area contributed by atoms with Gasteiger partial charge in [-0.2, -0.15) is 13.2 Å². The SMILES string of the molecule is CSc1c(O)c(O)cc2c1CCNCC2c1ccc(C(F)(F)F)cc1. The van der Waals surface area contributed by atoms with Gasteiger partial charge in [-0.05, 0) is 54.1 Å². The molecule has 3 nitrogen and oxygen atoms in total. The Bertz CT molecular complexity index is 775. The number of alkyl halides is 3. The predicted molar refractivity (Wildman–Crippen MR) is 91.4 cm³/mol. The Morgan fingerprint density at radius 3 is 2.44 bits per heavy atom. The van der Waals surface area contributed by atoms with Crippen LogP contribution in [-0.2, 0) is 12.6 Å². The lowest BCUT2D eigenvalue weighted by Crippen LogP contribution is -2.21. The summed E-state index contributed by atoms with van der Waals surface area (Å²) in [6.45, 7) is 1.25. The van der Waals surface area contributed by atoms with Crippen LogP contribution in [0.5, 0.6) is 11.5 Å². The number of rotatable bonds is 2. The molecule has 3 N–H and O–H groups in total. The van der Waals surface area contributed by atoms with E-state index in [4.69, 9.17) is 0 Å². The van der Waals surface area contributed by atoms with Crippen LogP contribution < -0.4 is 5.32 Å². The number of thioether (sulfide) groups is 1. The summed E-state index contributed by atoms with van der Waals surface area (Å²) in [5, 5.41) is 23.5. The van der Waals surface area contributed by atoms with Gasteiger partial charge < -0.3 is 15.5 Å². The Morgan fingerprint density at radius 1 is 1.16 bits per heavy atom. The molecule has 0 radical (unpaired) electrons. The highest BCUT2D eigenvalue weighted by Crippen LogP contribution is 2.44. The molecule has 1 unspecified atom stereocenters. The molecule has 1 aliphatic rings. The largest absolute Gasteiger partial charge is 0.504 e. The van der Waals surface area contributed by atoms with Gasteiger partial charge >= 0.3 is 6.18 Å². The van der Waals surface area contributed by atoms with E-state index in [-0.39, 0.29) is 17.4 Å². The van der Waals surface area contributed by atoms with Crippen molar-refractivity contribution in [2.45, 2.75) is 23.4 Å². The summed E-state index contributed by atoms with van der Waals surface area (Å²) in [6, 6.07) is 6.64. The second-order valence-corrected chi connectivity index (χ2v) is 6.79. The molecule has 0 saturated heterocycles. The van der Waals surface area contributed by atoms with Gasteiger partial charge in [-0.3, -0.25) is 0 Å². The molecule has 0 aromatic heterocycles. The van der Waals surface area contributed by atoms with Crippen molar-refractivity contribution in [3.63, 3.8) is 0 Å². The van der Waals surface area contributed by atoms with Crippen LogP contribution in [0, 0.1) is 0 Å². The molecule has 0 saturated carbocycles.